The maximum absolute atomic E-state index is 13.5. The minimum Gasteiger partial charge on any atom is -0.495 e. The van der Waals surface area contributed by atoms with Crippen molar-refractivity contribution in [1.29, 1.82) is 5.26 Å². The van der Waals surface area contributed by atoms with Gasteiger partial charge >= 0.3 is 0 Å². The van der Waals surface area contributed by atoms with Crippen LogP contribution in [0.1, 0.15) is 33.5 Å². The number of rotatable bonds is 9. The molecule has 11 heteroatoms. The number of primary amides is 1. The molecular formula is C26H20ClN5O5. The molecule has 3 aromatic heterocycles. The number of Topliss-reactive ketones (excluding diaryl/α,β-unsaturated/α-hetero) is 1. The third kappa shape index (κ3) is 5.58. The van der Waals surface area contributed by atoms with Crippen LogP contribution in [0.4, 0.5) is 0 Å². The highest BCUT2D eigenvalue weighted by atomic mass is 35.5. The first-order valence-corrected chi connectivity index (χ1v) is 11.3. The SMILES string of the molecule is COc1cn(C(Cc2ncco2)C(=O)Cc2ccc(C(N)=O)nc2)c(=O)cc1-c1cc(Cl)ccc1C#N. The molecule has 0 aliphatic carbocycles. The zero-order valence-electron chi connectivity index (χ0n) is 19.6. The number of carbonyl (C=O) groups is 2. The molecular weight excluding hydrogens is 498 g/mol. The zero-order chi connectivity index (χ0) is 26.5. The molecule has 10 nitrogen and oxygen atoms in total. The highest BCUT2D eigenvalue weighted by Crippen LogP contribution is 2.33. The lowest BCUT2D eigenvalue weighted by molar-refractivity contribution is -0.121. The normalized spacial score (nSPS) is 11.5. The summed E-state index contributed by atoms with van der Waals surface area (Å²) >= 11 is 6.14. The number of hydrogen-bond donors (Lipinski definition) is 1. The van der Waals surface area contributed by atoms with E-state index in [9.17, 15) is 19.6 Å². The Balaban J connectivity index is 1.76. The quantitative estimate of drug-likeness (QED) is 0.355. The highest BCUT2D eigenvalue weighted by molar-refractivity contribution is 6.31. The molecule has 4 aromatic rings. The standard InChI is InChI=1S/C26H20ClN5O5/c1-36-23-14-32(25(34)10-19(23)18-9-17(27)4-3-16(18)12-28)21(11-24-30-6-7-37-24)22(33)8-15-2-5-20(26(29)35)31-13-15/h2-7,9-10,13-14,21H,8,11H2,1H3,(H2,29,35). The summed E-state index contributed by atoms with van der Waals surface area (Å²) in [5.41, 5.74) is 6.41. The van der Waals surface area contributed by atoms with Gasteiger partial charge in [0.1, 0.15) is 23.7 Å². The lowest BCUT2D eigenvalue weighted by Crippen LogP contribution is -2.32. The van der Waals surface area contributed by atoms with Crippen LogP contribution in [0.2, 0.25) is 5.02 Å². The Morgan fingerprint density at radius 2 is 2.03 bits per heavy atom. The topological polar surface area (TPSA) is 154 Å². The van der Waals surface area contributed by atoms with E-state index in [1.807, 2.05) is 0 Å². The van der Waals surface area contributed by atoms with Gasteiger partial charge in [-0.2, -0.15) is 5.26 Å². The number of benzene rings is 1. The van der Waals surface area contributed by atoms with Crippen LogP contribution in [-0.2, 0) is 17.6 Å². The summed E-state index contributed by atoms with van der Waals surface area (Å²) in [5, 5.41) is 9.92. The van der Waals surface area contributed by atoms with Gasteiger partial charge in [-0.1, -0.05) is 17.7 Å². The van der Waals surface area contributed by atoms with Crippen molar-refractivity contribution in [2.45, 2.75) is 18.9 Å². The van der Waals surface area contributed by atoms with Crippen molar-refractivity contribution in [2.24, 2.45) is 5.73 Å². The van der Waals surface area contributed by atoms with Gasteiger partial charge in [0.05, 0.1) is 37.6 Å². The Kier molecular flexibility index (Phi) is 7.46. The summed E-state index contributed by atoms with van der Waals surface area (Å²) in [6, 6.07) is 10.1. The molecule has 2 N–H and O–H groups in total. The lowest BCUT2D eigenvalue weighted by atomic mass is 9.99. The first-order valence-electron chi connectivity index (χ1n) is 11.0. The molecule has 0 aliphatic heterocycles. The summed E-state index contributed by atoms with van der Waals surface area (Å²) in [5.74, 6) is -0.491. The lowest BCUT2D eigenvalue weighted by Gasteiger charge is -2.20. The predicted molar refractivity (Wildman–Crippen MR) is 133 cm³/mol. The molecule has 1 aromatic carbocycles. The van der Waals surface area contributed by atoms with Crippen molar-refractivity contribution >= 4 is 23.3 Å². The number of nitrogens with two attached hydrogens (primary N) is 1. The maximum Gasteiger partial charge on any atom is 0.267 e. The summed E-state index contributed by atoms with van der Waals surface area (Å²) in [7, 11) is 1.42. The van der Waals surface area contributed by atoms with Gasteiger partial charge in [0, 0.05) is 34.8 Å². The Bertz CT molecular complexity index is 1560. The van der Waals surface area contributed by atoms with Crippen LogP contribution < -0.4 is 16.0 Å². The molecule has 0 radical (unpaired) electrons. The van der Waals surface area contributed by atoms with Crippen LogP contribution in [0.5, 0.6) is 5.75 Å². The van der Waals surface area contributed by atoms with E-state index >= 15 is 0 Å². The summed E-state index contributed by atoms with van der Waals surface area (Å²) < 4.78 is 12.1. The number of oxazole rings is 1. The van der Waals surface area contributed by atoms with Crippen LogP contribution in [0.3, 0.4) is 0 Å². The van der Waals surface area contributed by atoms with Crippen LogP contribution in [0, 0.1) is 11.3 Å². The first-order chi connectivity index (χ1) is 17.8. The molecule has 0 aliphatic rings. The van der Waals surface area contributed by atoms with E-state index in [1.54, 1.807) is 24.3 Å². The van der Waals surface area contributed by atoms with E-state index < -0.39 is 17.5 Å². The Morgan fingerprint density at radius 1 is 1.22 bits per heavy atom. The maximum atomic E-state index is 13.5. The monoisotopic (exact) mass is 517 g/mol. The van der Waals surface area contributed by atoms with Gasteiger partial charge in [-0.25, -0.2) is 4.98 Å². The van der Waals surface area contributed by atoms with Crippen molar-refractivity contribution in [3.8, 4) is 22.9 Å². The minimum atomic E-state index is -1.00. The first kappa shape index (κ1) is 25.3. The van der Waals surface area contributed by atoms with E-state index in [-0.39, 0.29) is 36.0 Å². The fourth-order valence-corrected chi connectivity index (χ4v) is 4.03. The van der Waals surface area contributed by atoms with Gasteiger partial charge in [0.25, 0.3) is 11.5 Å². The number of carbonyl (C=O) groups excluding carboxylic acids is 2. The molecule has 37 heavy (non-hydrogen) atoms. The molecule has 0 spiro atoms. The number of ketones is 1. The fourth-order valence-electron chi connectivity index (χ4n) is 3.86. The van der Waals surface area contributed by atoms with Crippen molar-refractivity contribution in [3.63, 3.8) is 0 Å². The third-order valence-corrected chi connectivity index (χ3v) is 5.91. The van der Waals surface area contributed by atoms with E-state index in [2.05, 4.69) is 16.0 Å². The van der Waals surface area contributed by atoms with E-state index in [0.717, 1.165) is 0 Å². The molecule has 186 valence electrons. The number of nitriles is 1. The number of pyridine rings is 2. The van der Waals surface area contributed by atoms with Crippen molar-refractivity contribution in [1.82, 2.24) is 14.5 Å². The minimum absolute atomic E-state index is 0.00164. The second-order valence-corrected chi connectivity index (χ2v) is 8.44. The number of halogens is 1. The largest absolute Gasteiger partial charge is 0.495 e. The molecule has 1 amide bonds. The predicted octanol–water partition coefficient (Wildman–Crippen LogP) is 3.13. The number of methoxy groups -OCH3 is 1. The highest BCUT2D eigenvalue weighted by Gasteiger charge is 2.26. The molecule has 0 bridgehead atoms. The molecule has 1 unspecified atom stereocenters. The summed E-state index contributed by atoms with van der Waals surface area (Å²) in [6.07, 6.45) is 5.54. The van der Waals surface area contributed by atoms with Crippen LogP contribution in [0.15, 0.2) is 70.5 Å². The van der Waals surface area contributed by atoms with Crippen molar-refractivity contribution < 1.29 is 18.7 Å². The van der Waals surface area contributed by atoms with Gasteiger partial charge in [0.15, 0.2) is 11.7 Å². The van der Waals surface area contributed by atoms with Gasteiger partial charge in [-0.05, 0) is 29.8 Å². The molecule has 4 rings (SSSR count). The third-order valence-electron chi connectivity index (χ3n) is 5.67. The van der Waals surface area contributed by atoms with Gasteiger partial charge < -0.3 is 19.5 Å². The summed E-state index contributed by atoms with van der Waals surface area (Å²) in [6.45, 7) is 0. The van der Waals surface area contributed by atoms with E-state index in [4.69, 9.17) is 26.5 Å². The molecule has 0 saturated heterocycles. The second kappa shape index (κ2) is 10.9. The van der Waals surface area contributed by atoms with E-state index in [0.29, 0.717) is 27.3 Å². The fraction of sp³-hybridized carbons (Fsp3) is 0.154. The van der Waals surface area contributed by atoms with Crippen molar-refractivity contribution in [3.05, 3.63) is 99.3 Å². The Labute approximate surface area is 215 Å². The number of amides is 1. The average molecular weight is 518 g/mol. The number of nitrogens with zero attached hydrogens (tertiary/aromatic N) is 4. The Hall–Kier alpha value is -4.75. The van der Waals surface area contributed by atoms with Crippen LogP contribution >= 0.6 is 11.6 Å². The number of aromatic nitrogens is 3. The number of hydrogen-bond acceptors (Lipinski definition) is 8. The van der Waals surface area contributed by atoms with Gasteiger partial charge in [-0.15, -0.1) is 0 Å². The Morgan fingerprint density at radius 3 is 2.65 bits per heavy atom. The molecule has 0 fully saturated rings. The summed E-state index contributed by atoms with van der Waals surface area (Å²) in [4.78, 5) is 46.2. The molecule has 1 atom stereocenters. The average Bonchev–Trinajstić information content (AvgIpc) is 3.41. The smallest absolute Gasteiger partial charge is 0.267 e. The number of ether oxygens (including phenoxy) is 1. The second-order valence-electron chi connectivity index (χ2n) is 8.01. The van der Waals surface area contributed by atoms with Gasteiger partial charge in [0.2, 0.25) is 0 Å². The van der Waals surface area contributed by atoms with Gasteiger partial charge in [-0.3, -0.25) is 19.4 Å². The zero-order valence-corrected chi connectivity index (χ0v) is 20.3. The van der Waals surface area contributed by atoms with Crippen LogP contribution in [-0.4, -0.2) is 33.3 Å². The van der Waals surface area contributed by atoms with Crippen molar-refractivity contribution in [2.75, 3.05) is 7.11 Å². The molecule has 3 heterocycles. The molecule has 0 saturated carbocycles. The van der Waals surface area contributed by atoms with E-state index in [1.165, 1.54) is 48.7 Å². The van der Waals surface area contributed by atoms with Crippen LogP contribution in [0.25, 0.3) is 11.1 Å².